The Morgan fingerprint density at radius 3 is 2.40 bits per heavy atom. The molecule has 0 aliphatic heterocycles. The van der Waals surface area contributed by atoms with Crippen LogP contribution >= 0.6 is 23.2 Å². The van der Waals surface area contributed by atoms with Crippen LogP contribution in [0.2, 0.25) is 10.0 Å². The highest BCUT2D eigenvalue weighted by Crippen LogP contribution is 2.32. The fourth-order valence-corrected chi connectivity index (χ4v) is 7.16. The molecule has 268 valence electrons. The van der Waals surface area contributed by atoms with E-state index in [2.05, 4.69) is 21.4 Å². The van der Waals surface area contributed by atoms with Crippen molar-refractivity contribution in [2.75, 3.05) is 11.9 Å². The van der Waals surface area contributed by atoms with E-state index in [-0.39, 0.29) is 50.3 Å². The third kappa shape index (κ3) is 8.62. The van der Waals surface area contributed by atoms with Gasteiger partial charge in [0.1, 0.15) is 17.6 Å². The summed E-state index contributed by atoms with van der Waals surface area (Å²) in [6.07, 6.45) is 2.92. The van der Waals surface area contributed by atoms with Crippen molar-refractivity contribution >= 4 is 50.9 Å². The van der Waals surface area contributed by atoms with Crippen LogP contribution < -0.4 is 15.4 Å². The van der Waals surface area contributed by atoms with Crippen LogP contribution in [0.4, 0.5) is 14.9 Å². The summed E-state index contributed by atoms with van der Waals surface area (Å²) in [5, 5.41) is 21.0. The fraction of sp³-hybridized carbons (Fsp3) is 0.211. The molecule has 5 rings (SSSR count). The summed E-state index contributed by atoms with van der Waals surface area (Å²) < 4.78 is 46.3. The molecular formula is C38H35Cl2FN6O4S. The Hall–Kier alpha value is -5.22. The number of unbranched alkanes of at least 4 members (excludes halogenated alkanes) is 1. The number of nitriles is 1. The number of benzene rings is 4. The van der Waals surface area contributed by atoms with Gasteiger partial charge in [0.2, 0.25) is 0 Å². The summed E-state index contributed by atoms with van der Waals surface area (Å²) in [5.74, 6) is -1.54. The lowest BCUT2D eigenvalue weighted by atomic mass is 9.97. The third-order valence-electron chi connectivity index (χ3n) is 8.16. The van der Waals surface area contributed by atoms with Crippen molar-refractivity contribution in [3.05, 3.63) is 129 Å². The number of nitrogens with zero attached hydrogens (tertiary/aromatic N) is 3. The first-order valence-corrected chi connectivity index (χ1v) is 18.8. The molecule has 0 radical (unpaired) electrons. The largest absolute Gasteiger partial charge is 0.338 e. The molecule has 3 N–H and O–H groups in total. The minimum absolute atomic E-state index is 0.0108. The van der Waals surface area contributed by atoms with Crippen LogP contribution in [-0.2, 0) is 22.9 Å². The van der Waals surface area contributed by atoms with E-state index in [0.29, 0.717) is 40.6 Å². The molecule has 14 heteroatoms. The van der Waals surface area contributed by atoms with E-state index >= 15 is 4.39 Å². The molecule has 0 aliphatic carbocycles. The molecular weight excluding hydrogens is 726 g/mol. The topological polar surface area (TPSA) is 146 Å². The molecule has 0 fully saturated rings. The smallest absolute Gasteiger partial charge is 0.319 e. The molecule has 10 nitrogen and oxygen atoms in total. The quantitative estimate of drug-likeness (QED) is 0.110. The predicted molar refractivity (Wildman–Crippen MR) is 200 cm³/mol. The summed E-state index contributed by atoms with van der Waals surface area (Å²) in [6, 6.07) is 23.0. The molecule has 0 spiro atoms. The maximum atomic E-state index is 16.0. The van der Waals surface area contributed by atoms with Gasteiger partial charge in [0, 0.05) is 29.8 Å². The molecule has 0 saturated heterocycles. The monoisotopic (exact) mass is 760 g/mol. The molecule has 0 unspecified atom stereocenters. The SMILES string of the molecule is CCCCc1nn(-c2cc(NC(=O)NCCC)ccc2Cl)c(C#N)c1Cc1ccc(-c2ccccc2S(=O)(=O)NC(=O)c2ccccc2Cl)cc1F. The average molecular weight is 762 g/mol. The molecule has 1 aromatic heterocycles. The van der Waals surface area contributed by atoms with Crippen LogP contribution in [0.15, 0.2) is 89.8 Å². The molecule has 4 aromatic carbocycles. The van der Waals surface area contributed by atoms with Crippen LogP contribution in [-0.4, -0.2) is 36.7 Å². The van der Waals surface area contributed by atoms with E-state index in [0.717, 1.165) is 19.3 Å². The van der Waals surface area contributed by atoms with Crippen molar-refractivity contribution < 1.29 is 22.4 Å². The van der Waals surface area contributed by atoms with E-state index in [1.54, 1.807) is 42.5 Å². The highest BCUT2D eigenvalue weighted by Gasteiger charge is 2.25. The van der Waals surface area contributed by atoms with Gasteiger partial charge in [-0.15, -0.1) is 0 Å². The Kier molecular flexibility index (Phi) is 12.3. The van der Waals surface area contributed by atoms with Gasteiger partial charge < -0.3 is 10.6 Å². The number of sulfonamides is 1. The summed E-state index contributed by atoms with van der Waals surface area (Å²) in [5.41, 5.74) is 2.75. The number of hydrogen-bond donors (Lipinski definition) is 3. The molecule has 0 atom stereocenters. The number of nitrogens with one attached hydrogen (secondary N) is 3. The van der Waals surface area contributed by atoms with Gasteiger partial charge in [0.05, 0.1) is 31.9 Å². The van der Waals surface area contributed by atoms with Gasteiger partial charge >= 0.3 is 6.03 Å². The van der Waals surface area contributed by atoms with Crippen molar-refractivity contribution in [2.24, 2.45) is 0 Å². The summed E-state index contributed by atoms with van der Waals surface area (Å²) in [7, 11) is -4.40. The maximum absolute atomic E-state index is 16.0. The van der Waals surface area contributed by atoms with Crippen LogP contribution in [0, 0.1) is 17.1 Å². The first-order valence-electron chi connectivity index (χ1n) is 16.5. The van der Waals surface area contributed by atoms with Gasteiger partial charge in [-0.3, -0.25) is 4.79 Å². The molecule has 52 heavy (non-hydrogen) atoms. The normalized spacial score (nSPS) is 11.2. The van der Waals surface area contributed by atoms with Gasteiger partial charge in [-0.2, -0.15) is 10.4 Å². The van der Waals surface area contributed by atoms with Gasteiger partial charge in [0.25, 0.3) is 15.9 Å². The van der Waals surface area contributed by atoms with Crippen molar-refractivity contribution in [2.45, 2.75) is 50.8 Å². The van der Waals surface area contributed by atoms with Crippen LogP contribution in [0.1, 0.15) is 66.0 Å². The number of aryl methyl sites for hydroxylation is 1. The number of carbonyl (C=O) groups is 2. The fourth-order valence-electron chi connectivity index (χ4n) is 5.55. The zero-order valence-electron chi connectivity index (χ0n) is 28.3. The number of aromatic nitrogens is 2. The zero-order valence-corrected chi connectivity index (χ0v) is 30.7. The second-order valence-corrected chi connectivity index (χ2v) is 14.3. The Morgan fingerprint density at radius 2 is 1.69 bits per heavy atom. The van der Waals surface area contributed by atoms with E-state index in [4.69, 9.17) is 28.3 Å². The summed E-state index contributed by atoms with van der Waals surface area (Å²) in [4.78, 5) is 24.9. The highest BCUT2D eigenvalue weighted by atomic mass is 35.5. The zero-order chi connectivity index (χ0) is 37.4. The molecule has 3 amide bonds. The van der Waals surface area contributed by atoms with Crippen molar-refractivity contribution in [3.63, 3.8) is 0 Å². The van der Waals surface area contributed by atoms with E-state index in [9.17, 15) is 23.3 Å². The molecule has 0 saturated carbocycles. The average Bonchev–Trinajstić information content (AvgIpc) is 3.47. The number of hydrogen-bond acceptors (Lipinski definition) is 6. The van der Waals surface area contributed by atoms with Gasteiger partial charge in [-0.05, 0) is 72.9 Å². The lowest BCUT2D eigenvalue weighted by Crippen LogP contribution is -2.31. The Labute approximate surface area is 311 Å². The second kappa shape index (κ2) is 16.9. The number of urea groups is 1. The van der Waals surface area contributed by atoms with E-state index in [1.165, 1.54) is 47.1 Å². The first-order chi connectivity index (χ1) is 25.0. The van der Waals surface area contributed by atoms with E-state index < -0.39 is 21.7 Å². The number of amides is 3. The van der Waals surface area contributed by atoms with Crippen molar-refractivity contribution in [3.8, 4) is 22.9 Å². The maximum Gasteiger partial charge on any atom is 0.319 e. The number of halogens is 3. The van der Waals surface area contributed by atoms with Gasteiger partial charge in [-0.25, -0.2) is 27.0 Å². The number of carbonyl (C=O) groups excluding carboxylic acids is 2. The first kappa shape index (κ1) is 38.0. The highest BCUT2D eigenvalue weighted by molar-refractivity contribution is 7.90. The van der Waals surface area contributed by atoms with Crippen molar-refractivity contribution in [1.29, 1.82) is 5.26 Å². The van der Waals surface area contributed by atoms with Gasteiger partial charge in [0.15, 0.2) is 0 Å². The Balaban J connectivity index is 1.48. The van der Waals surface area contributed by atoms with Crippen molar-refractivity contribution in [1.82, 2.24) is 19.8 Å². The minimum atomic E-state index is -4.40. The van der Waals surface area contributed by atoms with E-state index in [1.807, 2.05) is 13.8 Å². The molecule has 0 bridgehead atoms. The standard InChI is InChI=1S/C38H35Cl2FN6O4S/c1-3-5-13-33-29(35(23-42)47(45-33)34-22-26(17-18-31(34)40)44-38(49)43-19-4-2)20-25-16-15-24(21-32(25)41)27-10-7-9-14-36(27)52(50,51)46-37(48)28-11-6-8-12-30(28)39/h6-12,14-18,21-22H,3-5,13,19-20H2,1-2H3,(H,46,48)(H2,43,44,49). The predicted octanol–water partition coefficient (Wildman–Crippen LogP) is 8.44. The van der Waals surface area contributed by atoms with Crippen LogP contribution in [0.25, 0.3) is 16.8 Å². The van der Waals surface area contributed by atoms with Gasteiger partial charge in [-0.1, -0.05) is 85.9 Å². The lowest BCUT2D eigenvalue weighted by molar-refractivity contribution is 0.0981. The van der Waals surface area contributed by atoms with Crippen LogP contribution in [0.3, 0.4) is 0 Å². The summed E-state index contributed by atoms with van der Waals surface area (Å²) >= 11 is 12.7. The second-order valence-electron chi connectivity index (χ2n) is 11.8. The number of anilines is 1. The summed E-state index contributed by atoms with van der Waals surface area (Å²) in [6.45, 7) is 4.46. The molecule has 0 aliphatic rings. The lowest BCUT2D eigenvalue weighted by Gasteiger charge is -2.13. The number of rotatable bonds is 13. The minimum Gasteiger partial charge on any atom is -0.338 e. The molecule has 5 aromatic rings. The third-order valence-corrected chi connectivity index (χ3v) is 10.2. The van der Waals surface area contributed by atoms with Crippen LogP contribution in [0.5, 0.6) is 0 Å². The Morgan fingerprint density at radius 1 is 0.942 bits per heavy atom. The Bertz CT molecular complexity index is 2290. The molecule has 1 heterocycles.